The molecule has 0 spiro atoms. The van der Waals surface area contributed by atoms with Crippen molar-refractivity contribution in [1.82, 2.24) is 14.9 Å². The van der Waals surface area contributed by atoms with Crippen LogP contribution in [-0.4, -0.2) is 21.5 Å². The molecule has 124 valence electrons. The van der Waals surface area contributed by atoms with E-state index in [1.165, 1.54) is 5.56 Å². The topological polar surface area (TPSA) is 46.9 Å². The highest BCUT2D eigenvalue weighted by Crippen LogP contribution is 2.15. The van der Waals surface area contributed by atoms with Gasteiger partial charge in [-0.3, -0.25) is 4.79 Å². The van der Waals surface area contributed by atoms with Crippen molar-refractivity contribution >= 4 is 16.9 Å². The zero-order chi connectivity index (χ0) is 16.9. The zero-order valence-corrected chi connectivity index (χ0v) is 14.2. The van der Waals surface area contributed by atoms with E-state index in [1.54, 1.807) is 0 Å². The highest BCUT2D eigenvalue weighted by molar-refractivity contribution is 5.81. The highest BCUT2D eigenvalue weighted by atomic mass is 16.2. The van der Waals surface area contributed by atoms with Crippen LogP contribution in [0.15, 0.2) is 54.6 Å². The molecule has 1 aromatic heterocycles. The lowest BCUT2D eigenvalue weighted by atomic mass is 10.1. The lowest BCUT2D eigenvalue weighted by Crippen LogP contribution is -2.35. The van der Waals surface area contributed by atoms with Crippen LogP contribution in [0.1, 0.15) is 24.7 Å². The summed E-state index contributed by atoms with van der Waals surface area (Å²) in [5.41, 5.74) is 3.23. The summed E-state index contributed by atoms with van der Waals surface area (Å²) in [5.74, 6) is 0.894. The first-order chi connectivity index (χ1) is 11.6. The van der Waals surface area contributed by atoms with Crippen molar-refractivity contribution in [3.05, 3.63) is 66.0 Å². The van der Waals surface area contributed by atoms with Crippen LogP contribution >= 0.6 is 0 Å². The molecule has 1 heterocycles. The van der Waals surface area contributed by atoms with Gasteiger partial charge in [0.05, 0.1) is 11.0 Å². The van der Waals surface area contributed by atoms with Gasteiger partial charge in [-0.25, -0.2) is 4.98 Å². The zero-order valence-electron chi connectivity index (χ0n) is 14.2. The van der Waals surface area contributed by atoms with E-state index >= 15 is 0 Å². The van der Waals surface area contributed by atoms with Crippen LogP contribution in [0.3, 0.4) is 0 Å². The average Bonchev–Trinajstić information content (AvgIpc) is 2.90. The Balaban J connectivity index is 1.57. The number of aromatic nitrogens is 2. The molecule has 4 nitrogen and oxygen atoms in total. The van der Waals surface area contributed by atoms with Gasteiger partial charge >= 0.3 is 0 Å². The van der Waals surface area contributed by atoms with Crippen molar-refractivity contribution in [2.75, 3.05) is 0 Å². The maximum Gasteiger partial charge on any atom is 0.240 e. The highest BCUT2D eigenvalue weighted by Gasteiger charge is 2.12. The van der Waals surface area contributed by atoms with E-state index in [4.69, 9.17) is 0 Å². The predicted molar refractivity (Wildman–Crippen MR) is 96.8 cm³/mol. The van der Waals surface area contributed by atoms with E-state index in [-0.39, 0.29) is 11.9 Å². The largest absolute Gasteiger partial charge is 0.352 e. The predicted octanol–water partition coefficient (Wildman–Crippen LogP) is 3.48. The monoisotopic (exact) mass is 321 g/mol. The van der Waals surface area contributed by atoms with Gasteiger partial charge in [-0.2, -0.15) is 0 Å². The third-order valence-electron chi connectivity index (χ3n) is 4.26. The number of imidazole rings is 1. The number of carbonyl (C=O) groups is 1. The number of hydrogen-bond acceptors (Lipinski definition) is 2. The molecule has 0 fully saturated rings. The molecule has 24 heavy (non-hydrogen) atoms. The standard InChI is InChI=1S/C20H23N3O/c1-15(12-13-17-8-4-3-5-9-17)21-20(24)14-23-16(2)22-18-10-6-7-11-19(18)23/h3-11,15H,12-14H2,1-2H3,(H,21,24). The van der Waals surface area contributed by atoms with Crippen molar-refractivity contribution in [3.8, 4) is 0 Å². The maximum absolute atomic E-state index is 12.4. The van der Waals surface area contributed by atoms with Crippen LogP contribution in [0.2, 0.25) is 0 Å². The van der Waals surface area contributed by atoms with Gasteiger partial charge in [-0.05, 0) is 44.4 Å². The number of amides is 1. The van der Waals surface area contributed by atoms with Crippen LogP contribution < -0.4 is 5.32 Å². The number of nitrogens with zero attached hydrogens (tertiary/aromatic N) is 2. The Morgan fingerprint density at radius 2 is 1.83 bits per heavy atom. The smallest absolute Gasteiger partial charge is 0.240 e. The van der Waals surface area contributed by atoms with E-state index in [0.29, 0.717) is 6.54 Å². The fourth-order valence-electron chi connectivity index (χ4n) is 2.96. The molecule has 0 aliphatic carbocycles. The number of aryl methyl sites for hydroxylation is 2. The summed E-state index contributed by atoms with van der Waals surface area (Å²) in [6.45, 7) is 4.30. The van der Waals surface area contributed by atoms with Crippen molar-refractivity contribution < 1.29 is 4.79 Å². The van der Waals surface area contributed by atoms with E-state index < -0.39 is 0 Å². The van der Waals surface area contributed by atoms with E-state index in [0.717, 1.165) is 29.7 Å². The first-order valence-corrected chi connectivity index (χ1v) is 8.38. The van der Waals surface area contributed by atoms with Gasteiger partial charge in [0.15, 0.2) is 0 Å². The SMILES string of the molecule is Cc1nc2ccccc2n1CC(=O)NC(C)CCc1ccccc1. The molecule has 0 radical (unpaired) electrons. The van der Waals surface area contributed by atoms with Gasteiger partial charge in [0.25, 0.3) is 0 Å². The van der Waals surface area contributed by atoms with Gasteiger partial charge in [0.2, 0.25) is 5.91 Å². The summed E-state index contributed by atoms with van der Waals surface area (Å²) in [6, 6.07) is 18.4. The maximum atomic E-state index is 12.4. The number of hydrogen-bond donors (Lipinski definition) is 1. The molecule has 1 atom stereocenters. The second-order valence-corrected chi connectivity index (χ2v) is 6.23. The lowest BCUT2D eigenvalue weighted by Gasteiger charge is -2.15. The van der Waals surface area contributed by atoms with Crippen LogP contribution in [-0.2, 0) is 17.8 Å². The Morgan fingerprint density at radius 3 is 2.62 bits per heavy atom. The number of benzene rings is 2. The van der Waals surface area contributed by atoms with E-state index in [2.05, 4.69) is 29.4 Å². The number of carbonyl (C=O) groups excluding carboxylic acids is 1. The molecule has 1 unspecified atom stereocenters. The summed E-state index contributed by atoms with van der Waals surface area (Å²) in [5, 5.41) is 3.09. The Labute approximate surface area is 142 Å². The second kappa shape index (κ2) is 7.30. The molecule has 0 saturated carbocycles. The second-order valence-electron chi connectivity index (χ2n) is 6.23. The average molecular weight is 321 g/mol. The van der Waals surface area contributed by atoms with Crippen molar-refractivity contribution in [2.24, 2.45) is 0 Å². The molecule has 0 aliphatic rings. The van der Waals surface area contributed by atoms with Gasteiger partial charge in [0.1, 0.15) is 12.4 Å². The summed E-state index contributed by atoms with van der Waals surface area (Å²) < 4.78 is 1.97. The molecule has 1 N–H and O–H groups in total. The summed E-state index contributed by atoms with van der Waals surface area (Å²) in [6.07, 6.45) is 1.90. The molecule has 0 aliphatic heterocycles. The van der Waals surface area contributed by atoms with Gasteiger partial charge < -0.3 is 9.88 Å². The molecule has 0 saturated heterocycles. The molecule has 3 aromatic rings. The van der Waals surface area contributed by atoms with Gasteiger partial charge in [0, 0.05) is 6.04 Å². The van der Waals surface area contributed by atoms with Crippen molar-refractivity contribution in [3.63, 3.8) is 0 Å². The first kappa shape index (κ1) is 16.2. The minimum Gasteiger partial charge on any atom is -0.352 e. The van der Waals surface area contributed by atoms with Crippen molar-refractivity contribution in [2.45, 2.75) is 39.3 Å². The Morgan fingerprint density at radius 1 is 1.12 bits per heavy atom. The van der Waals surface area contributed by atoms with E-state index in [9.17, 15) is 4.79 Å². The van der Waals surface area contributed by atoms with Crippen LogP contribution in [0.5, 0.6) is 0 Å². The number of rotatable bonds is 6. The first-order valence-electron chi connectivity index (χ1n) is 8.38. The Kier molecular flexibility index (Phi) is 4.94. The third kappa shape index (κ3) is 3.82. The minimum atomic E-state index is 0.0295. The number of fused-ring (bicyclic) bond motifs is 1. The lowest BCUT2D eigenvalue weighted by molar-refractivity contribution is -0.122. The fourth-order valence-corrected chi connectivity index (χ4v) is 2.96. The molecule has 3 rings (SSSR count). The fraction of sp³-hybridized carbons (Fsp3) is 0.300. The molecule has 2 aromatic carbocycles. The normalized spacial score (nSPS) is 12.2. The van der Waals surface area contributed by atoms with Gasteiger partial charge in [-0.15, -0.1) is 0 Å². The summed E-state index contributed by atoms with van der Waals surface area (Å²) in [7, 11) is 0. The number of nitrogens with one attached hydrogen (secondary N) is 1. The minimum absolute atomic E-state index is 0.0295. The Bertz CT molecular complexity index is 823. The third-order valence-corrected chi connectivity index (χ3v) is 4.26. The van der Waals surface area contributed by atoms with Crippen LogP contribution in [0.25, 0.3) is 11.0 Å². The summed E-state index contributed by atoms with van der Waals surface area (Å²) in [4.78, 5) is 16.9. The quantitative estimate of drug-likeness (QED) is 0.755. The van der Waals surface area contributed by atoms with Gasteiger partial charge in [-0.1, -0.05) is 42.5 Å². The Hall–Kier alpha value is -2.62. The van der Waals surface area contributed by atoms with Crippen molar-refractivity contribution in [1.29, 1.82) is 0 Å². The molecule has 0 bridgehead atoms. The number of para-hydroxylation sites is 2. The van der Waals surface area contributed by atoms with E-state index in [1.807, 2.05) is 54.0 Å². The van der Waals surface area contributed by atoms with Crippen LogP contribution in [0, 0.1) is 6.92 Å². The molecular formula is C20H23N3O. The summed E-state index contributed by atoms with van der Waals surface area (Å²) >= 11 is 0. The molecular weight excluding hydrogens is 298 g/mol. The van der Waals surface area contributed by atoms with Crippen LogP contribution in [0.4, 0.5) is 0 Å². The molecule has 1 amide bonds. The molecule has 4 heteroatoms.